The lowest BCUT2D eigenvalue weighted by atomic mass is 10.00. The fourth-order valence-corrected chi connectivity index (χ4v) is 1.90. The molecule has 0 aliphatic heterocycles. The summed E-state index contributed by atoms with van der Waals surface area (Å²) in [7, 11) is 1.93. The summed E-state index contributed by atoms with van der Waals surface area (Å²) in [5.74, 6) is 0. The summed E-state index contributed by atoms with van der Waals surface area (Å²) in [5.41, 5.74) is 4.42. The highest BCUT2D eigenvalue weighted by Crippen LogP contribution is 2.17. The summed E-state index contributed by atoms with van der Waals surface area (Å²) >= 11 is 0. The Balaban J connectivity index is 2.69. The zero-order valence-corrected chi connectivity index (χ0v) is 10.7. The Morgan fingerprint density at radius 3 is 2.56 bits per heavy atom. The van der Waals surface area contributed by atoms with Gasteiger partial charge in [-0.15, -0.1) is 0 Å². The van der Waals surface area contributed by atoms with Gasteiger partial charge < -0.3 is 5.11 Å². The third kappa shape index (κ3) is 2.95. The summed E-state index contributed by atoms with van der Waals surface area (Å²) in [6.07, 6.45) is 1.95. The van der Waals surface area contributed by atoms with Crippen molar-refractivity contribution in [3.8, 4) is 0 Å². The third-order valence-corrected chi connectivity index (χ3v) is 3.12. The monoisotopic (exact) mass is 222 g/mol. The Bertz CT molecular complexity index is 380. The normalized spacial score (nSPS) is 12.8. The van der Waals surface area contributed by atoms with Crippen molar-refractivity contribution in [1.82, 2.24) is 9.78 Å². The van der Waals surface area contributed by atoms with E-state index in [2.05, 4.69) is 18.6 Å². The molecule has 1 rings (SSSR count). The van der Waals surface area contributed by atoms with Crippen LogP contribution in [0.5, 0.6) is 0 Å². The summed E-state index contributed by atoms with van der Waals surface area (Å²) in [6, 6.07) is 0. The van der Waals surface area contributed by atoms with Gasteiger partial charge in [-0.25, -0.2) is 0 Å². The van der Waals surface area contributed by atoms with Crippen LogP contribution in [0.2, 0.25) is 0 Å². The number of nitrogens with zero attached hydrogens (tertiary/aromatic N) is 2. The molecule has 16 heavy (non-hydrogen) atoms. The van der Waals surface area contributed by atoms with Crippen LogP contribution in [0.3, 0.4) is 0 Å². The first kappa shape index (κ1) is 13.0. The number of hydrogen-bond acceptors (Lipinski definition) is 2. The zero-order valence-electron chi connectivity index (χ0n) is 10.7. The average molecular weight is 222 g/mol. The van der Waals surface area contributed by atoms with Crippen LogP contribution in [0.25, 0.3) is 0 Å². The Morgan fingerprint density at radius 1 is 1.50 bits per heavy atom. The summed E-state index contributed by atoms with van der Waals surface area (Å²) < 4.78 is 1.87. The Labute approximate surface area is 97.8 Å². The van der Waals surface area contributed by atoms with Crippen LogP contribution in [0, 0.1) is 13.8 Å². The van der Waals surface area contributed by atoms with Gasteiger partial charge in [0, 0.05) is 19.2 Å². The molecule has 1 aromatic heterocycles. The van der Waals surface area contributed by atoms with Crippen LogP contribution in [-0.2, 0) is 13.5 Å². The van der Waals surface area contributed by atoms with E-state index < -0.39 is 0 Å². The van der Waals surface area contributed by atoms with Crippen LogP contribution in [0.15, 0.2) is 12.2 Å². The molecule has 1 atom stereocenters. The van der Waals surface area contributed by atoms with Crippen molar-refractivity contribution in [2.45, 2.75) is 46.1 Å². The molecule has 1 aromatic rings. The lowest BCUT2D eigenvalue weighted by molar-refractivity contribution is 0.174. The molecule has 90 valence electrons. The fourth-order valence-electron chi connectivity index (χ4n) is 1.90. The Morgan fingerprint density at radius 2 is 2.12 bits per heavy atom. The molecule has 1 N–H and O–H groups in total. The number of aliphatic hydroxyl groups is 1. The molecule has 0 aromatic carbocycles. The van der Waals surface area contributed by atoms with Crippen LogP contribution in [-0.4, -0.2) is 21.0 Å². The number of rotatable bonds is 5. The van der Waals surface area contributed by atoms with Crippen LogP contribution < -0.4 is 0 Å². The van der Waals surface area contributed by atoms with E-state index in [0.717, 1.165) is 23.4 Å². The smallest absolute Gasteiger partial charge is 0.0629 e. The van der Waals surface area contributed by atoms with E-state index in [1.807, 2.05) is 25.6 Å². The second kappa shape index (κ2) is 5.30. The molecule has 0 amide bonds. The molecule has 0 bridgehead atoms. The summed E-state index contributed by atoms with van der Waals surface area (Å²) in [4.78, 5) is 0. The first-order valence-electron chi connectivity index (χ1n) is 5.79. The van der Waals surface area contributed by atoms with E-state index in [-0.39, 0.29) is 6.10 Å². The van der Waals surface area contributed by atoms with E-state index in [9.17, 15) is 5.11 Å². The van der Waals surface area contributed by atoms with E-state index in [0.29, 0.717) is 12.8 Å². The van der Waals surface area contributed by atoms with Crippen molar-refractivity contribution in [3.63, 3.8) is 0 Å². The van der Waals surface area contributed by atoms with Gasteiger partial charge in [0.25, 0.3) is 0 Å². The quantitative estimate of drug-likeness (QED) is 0.776. The summed E-state index contributed by atoms with van der Waals surface area (Å²) in [5, 5.41) is 14.3. The molecule has 1 unspecified atom stereocenters. The van der Waals surface area contributed by atoms with Gasteiger partial charge in [-0.3, -0.25) is 4.68 Å². The largest absolute Gasteiger partial charge is 0.392 e. The Kier molecular flexibility index (Phi) is 4.30. The van der Waals surface area contributed by atoms with E-state index in [4.69, 9.17) is 0 Å². The highest BCUT2D eigenvalue weighted by molar-refractivity contribution is 5.25. The first-order chi connectivity index (χ1) is 7.45. The first-order valence-corrected chi connectivity index (χ1v) is 5.79. The molecule has 1 heterocycles. The van der Waals surface area contributed by atoms with Gasteiger partial charge >= 0.3 is 0 Å². The molecule has 0 radical (unpaired) electrons. The standard InChI is InChI=1S/C13H22N2O/c1-6-9(2)7-12(16)8-13-10(3)14-15(5)11(13)4/h12,16H,2,6-8H2,1,3-5H3. The topological polar surface area (TPSA) is 38.1 Å². The SMILES string of the molecule is C=C(CC)CC(O)Cc1c(C)nn(C)c1C. The van der Waals surface area contributed by atoms with Crippen molar-refractivity contribution >= 4 is 0 Å². The maximum Gasteiger partial charge on any atom is 0.0629 e. The molecular formula is C13H22N2O. The molecule has 0 aliphatic carbocycles. The van der Waals surface area contributed by atoms with Crippen molar-refractivity contribution in [2.24, 2.45) is 7.05 Å². The van der Waals surface area contributed by atoms with Gasteiger partial charge in [0.05, 0.1) is 11.8 Å². The second-order valence-corrected chi connectivity index (χ2v) is 4.44. The number of aryl methyl sites for hydroxylation is 2. The van der Waals surface area contributed by atoms with E-state index in [1.165, 1.54) is 5.56 Å². The van der Waals surface area contributed by atoms with Crippen molar-refractivity contribution in [3.05, 3.63) is 29.1 Å². The molecule has 0 spiro atoms. The molecule has 0 aliphatic rings. The average Bonchev–Trinajstić information content (AvgIpc) is 2.45. The van der Waals surface area contributed by atoms with Crippen molar-refractivity contribution < 1.29 is 5.11 Å². The van der Waals surface area contributed by atoms with Gasteiger partial charge in [0.1, 0.15) is 0 Å². The number of hydrogen-bond donors (Lipinski definition) is 1. The van der Waals surface area contributed by atoms with E-state index in [1.54, 1.807) is 0 Å². The lowest BCUT2D eigenvalue weighted by Gasteiger charge is -2.11. The maximum atomic E-state index is 9.96. The highest BCUT2D eigenvalue weighted by Gasteiger charge is 2.14. The minimum atomic E-state index is -0.339. The van der Waals surface area contributed by atoms with Gasteiger partial charge in [0.15, 0.2) is 0 Å². The van der Waals surface area contributed by atoms with Gasteiger partial charge in [-0.05, 0) is 32.3 Å². The van der Waals surface area contributed by atoms with Gasteiger partial charge in [-0.2, -0.15) is 5.10 Å². The van der Waals surface area contributed by atoms with Crippen LogP contribution in [0.1, 0.15) is 36.7 Å². The molecule has 3 heteroatoms. The van der Waals surface area contributed by atoms with Crippen LogP contribution in [0.4, 0.5) is 0 Å². The fraction of sp³-hybridized carbons (Fsp3) is 0.615. The number of aromatic nitrogens is 2. The zero-order chi connectivity index (χ0) is 12.3. The lowest BCUT2D eigenvalue weighted by Crippen LogP contribution is -2.12. The summed E-state index contributed by atoms with van der Waals surface area (Å²) in [6.45, 7) is 10.0. The Hall–Kier alpha value is -1.09. The number of aliphatic hydroxyl groups excluding tert-OH is 1. The molecular weight excluding hydrogens is 200 g/mol. The van der Waals surface area contributed by atoms with E-state index >= 15 is 0 Å². The molecule has 3 nitrogen and oxygen atoms in total. The van der Waals surface area contributed by atoms with Gasteiger partial charge in [-0.1, -0.05) is 19.1 Å². The van der Waals surface area contributed by atoms with Gasteiger partial charge in [0.2, 0.25) is 0 Å². The minimum absolute atomic E-state index is 0.339. The highest BCUT2D eigenvalue weighted by atomic mass is 16.3. The molecule has 0 saturated heterocycles. The maximum absolute atomic E-state index is 9.96. The van der Waals surface area contributed by atoms with Crippen molar-refractivity contribution in [1.29, 1.82) is 0 Å². The second-order valence-electron chi connectivity index (χ2n) is 4.44. The third-order valence-electron chi connectivity index (χ3n) is 3.12. The minimum Gasteiger partial charge on any atom is -0.392 e. The molecule has 0 fully saturated rings. The van der Waals surface area contributed by atoms with Crippen molar-refractivity contribution in [2.75, 3.05) is 0 Å². The predicted molar refractivity (Wildman–Crippen MR) is 66.4 cm³/mol. The molecule has 0 saturated carbocycles. The van der Waals surface area contributed by atoms with Crippen LogP contribution >= 0.6 is 0 Å². The predicted octanol–water partition coefficient (Wildman–Crippen LogP) is 2.30.